The van der Waals surface area contributed by atoms with Crippen LogP contribution in [0.2, 0.25) is 0 Å². The molecule has 0 fully saturated rings. The number of thioether (sulfide) groups is 1. The first-order valence-corrected chi connectivity index (χ1v) is 8.35. The summed E-state index contributed by atoms with van der Waals surface area (Å²) in [5.41, 5.74) is 5.73. The number of nitrogens with zero attached hydrogens (tertiary/aromatic N) is 5. The number of hydrogen-bond donors (Lipinski definition) is 0. The molecule has 2 aromatic heterocycles. The van der Waals surface area contributed by atoms with Crippen LogP contribution in [-0.2, 0) is 0 Å². The molecule has 0 amide bonds. The summed E-state index contributed by atoms with van der Waals surface area (Å²) < 4.78 is 1.83. The summed E-state index contributed by atoms with van der Waals surface area (Å²) in [6, 6.07) is 10.3. The van der Waals surface area contributed by atoms with Crippen LogP contribution in [0.1, 0.15) is 16.7 Å². The first-order valence-electron chi connectivity index (χ1n) is 7.36. The molecule has 0 radical (unpaired) electrons. The van der Waals surface area contributed by atoms with Crippen molar-refractivity contribution in [2.24, 2.45) is 5.10 Å². The van der Waals surface area contributed by atoms with Crippen LogP contribution in [0.25, 0.3) is 11.4 Å². The van der Waals surface area contributed by atoms with E-state index < -0.39 is 0 Å². The van der Waals surface area contributed by atoms with E-state index in [0.717, 1.165) is 33.6 Å². The van der Waals surface area contributed by atoms with Gasteiger partial charge in [-0.15, -0.1) is 10.2 Å². The van der Waals surface area contributed by atoms with Crippen LogP contribution in [0, 0.1) is 13.8 Å². The van der Waals surface area contributed by atoms with Crippen molar-refractivity contribution in [3.05, 3.63) is 59.4 Å². The minimum atomic E-state index is 0.746. The standard InChI is InChI=1S/C17H15N5S/c1-11-3-4-14(9-12(11)2)15-10-23-17-20-19-16(22(17)21-15)13-5-7-18-8-6-13/h3-9H,10H2,1-2H3. The van der Waals surface area contributed by atoms with Gasteiger partial charge in [0.1, 0.15) is 0 Å². The molecule has 0 spiro atoms. The zero-order valence-electron chi connectivity index (χ0n) is 12.9. The topological polar surface area (TPSA) is 56.0 Å². The molecule has 1 aromatic carbocycles. The molecule has 5 nitrogen and oxygen atoms in total. The van der Waals surface area contributed by atoms with Gasteiger partial charge in [-0.05, 0) is 48.7 Å². The number of aromatic nitrogens is 4. The monoisotopic (exact) mass is 321 g/mol. The van der Waals surface area contributed by atoms with E-state index in [9.17, 15) is 0 Å². The van der Waals surface area contributed by atoms with Gasteiger partial charge in [-0.3, -0.25) is 4.98 Å². The van der Waals surface area contributed by atoms with Crippen LogP contribution in [0.3, 0.4) is 0 Å². The number of pyridine rings is 1. The Labute approximate surface area is 138 Å². The fourth-order valence-electron chi connectivity index (χ4n) is 2.47. The lowest BCUT2D eigenvalue weighted by atomic mass is 10.0. The van der Waals surface area contributed by atoms with Gasteiger partial charge < -0.3 is 0 Å². The van der Waals surface area contributed by atoms with Gasteiger partial charge in [0, 0.05) is 23.7 Å². The van der Waals surface area contributed by atoms with Gasteiger partial charge in [0.25, 0.3) is 0 Å². The molecule has 0 aliphatic carbocycles. The fraction of sp³-hybridized carbons (Fsp3) is 0.176. The molecule has 0 bridgehead atoms. The molecule has 0 N–H and O–H groups in total. The third-order valence-electron chi connectivity index (χ3n) is 3.95. The van der Waals surface area contributed by atoms with Gasteiger partial charge in [0.15, 0.2) is 5.82 Å². The van der Waals surface area contributed by atoms with Crippen LogP contribution >= 0.6 is 11.8 Å². The highest BCUT2D eigenvalue weighted by Crippen LogP contribution is 2.28. The van der Waals surface area contributed by atoms with E-state index in [1.165, 1.54) is 11.1 Å². The van der Waals surface area contributed by atoms with E-state index in [0.29, 0.717) is 0 Å². The second-order valence-electron chi connectivity index (χ2n) is 5.49. The quantitative estimate of drug-likeness (QED) is 0.726. The SMILES string of the molecule is Cc1ccc(C2=Nn3c(nnc3-c3ccncc3)SC2)cc1C. The van der Waals surface area contributed by atoms with E-state index in [4.69, 9.17) is 5.10 Å². The van der Waals surface area contributed by atoms with Crippen molar-refractivity contribution in [2.45, 2.75) is 19.0 Å². The molecule has 6 heteroatoms. The molecule has 3 heterocycles. The van der Waals surface area contributed by atoms with Crippen LogP contribution < -0.4 is 0 Å². The Morgan fingerprint density at radius 3 is 2.57 bits per heavy atom. The van der Waals surface area contributed by atoms with Gasteiger partial charge >= 0.3 is 0 Å². The number of benzene rings is 1. The minimum Gasteiger partial charge on any atom is -0.265 e. The summed E-state index contributed by atoms with van der Waals surface area (Å²) in [4.78, 5) is 4.05. The second kappa shape index (κ2) is 5.62. The van der Waals surface area contributed by atoms with Gasteiger partial charge in [0.05, 0.1) is 5.71 Å². The Hall–Kier alpha value is -2.47. The fourth-order valence-corrected chi connectivity index (χ4v) is 3.31. The zero-order chi connectivity index (χ0) is 15.8. The summed E-state index contributed by atoms with van der Waals surface area (Å²) >= 11 is 1.66. The molecule has 0 saturated heterocycles. The van der Waals surface area contributed by atoms with E-state index in [1.54, 1.807) is 24.2 Å². The first kappa shape index (κ1) is 14.1. The van der Waals surface area contributed by atoms with Crippen molar-refractivity contribution >= 4 is 17.5 Å². The molecule has 0 saturated carbocycles. The maximum absolute atomic E-state index is 4.79. The van der Waals surface area contributed by atoms with Crippen molar-refractivity contribution in [3.63, 3.8) is 0 Å². The number of rotatable bonds is 2. The normalized spacial score (nSPS) is 13.6. The molecule has 0 unspecified atom stereocenters. The van der Waals surface area contributed by atoms with Crippen LogP contribution in [0.5, 0.6) is 0 Å². The van der Waals surface area contributed by atoms with Gasteiger partial charge in [-0.25, -0.2) is 0 Å². The Morgan fingerprint density at radius 1 is 0.957 bits per heavy atom. The number of fused-ring (bicyclic) bond motifs is 1. The smallest absolute Gasteiger partial charge is 0.212 e. The van der Waals surface area contributed by atoms with Gasteiger partial charge in [-0.2, -0.15) is 9.78 Å². The lowest BCUT2D eigenvalue weighted by Crippen LogP contribution is -2.14. The van der Waals surface area contributed by atoms with Crippen LogP contribution in [-0.4, -0.2) is 31.3 Å². The minimum absolute atomic E-state index is 0.746. The predicted octanol–water partition coefficient (Wildman–Crippen LogP) is 3.32. The molecule has 0 atom stereocenters. The summed E-state index contributed by atoms with van der Waals surface area (Å²) in [6.45, 7) is 4.25. The third-order valence-corrected chi connectivity index (χ3v) is 4.88. The largest absolute Gasteiger partial charge is 0.265 e. The van der Waals surface area contributed by atoms with Crippen molar-refractivity contribution in [2.75, 3.05) is 5.75 Å². The first-order chi connectivity index (χ1) is 11.2. The summed E-state index contributed by atoms with van der Waals surface area (Å²) in [6.07, 6.45) is 3.50. The van der Waals surface area contributed by atoms with E-state index in [1.807, 2.05) is 16.8 Å². The van der Waals surface area contributed by atoms with Crippen molar-refractivity contribution in [3.8, 4) is 11.4 Å². The lowest BCUT2D eigenvalue weighted by Gasteiger charge is -2.14. The molecular weight excluding hydrogens is 306 g/mol. The number of hydrogen-bond acceptors (Lipinski definition) is 5. The predicted molar refractivity (Wildman–Crippen MR) is 91.8 cm³/mol. The highest BCUT2D eigenvalue weighted by molar-refractivity contribution is 7.99. The third kappa shape index (κ3) is 2.55. The van der Waals surface area contributed by atoms with Crippen LogP contribution in [0.4, 0.5) is 0 Å². The second-order valence-corrected chi connectivity index (χ2v) is 6.43. The highest BCUT2D eigenvalue weighted by atomic mass is 32.2. The highest BCUT2D eigenvalue weighted by Gasteiger charge is 2.20. The van der Waals surface area contributed by atoms with Gasteiger partial charge in [0.2, 0.25) is 5.16 Å². The molecular formula is C17H15N5S. The average Bonchev–Trinajstić information content (AvgIpc) is 3.01. The maximum Gasteiger partial charge on any atom is 0.212 e. The maximum atomic E-state index is 4.79. The van der Waals surface area contributed by atoms with E-state index in [2.05, 4.69) is 47.2 Å². The van der Waals surface area contributed by atoms with Crippen molar-refractivity contribution in [1.29, 1.82) is 0 Å². The average molecular weight is 321 g/mol. The summed E-state index contributed by atoms with van der Waals surface area (Å²) in [5, 5.41) is 14.1. The molecule has 1 aliphatic heterocycles. The van der Waals surface area contributed by atoms with Gasteiger partial charge in [-0.1, -0.05) is 23.9 Å². The van der Waals surface area contributed by atoms with E-state index in [-0.39, 0.29) is 0 Å². The molecule has 3 aromatic rings. The Kier molecular flexibility index (Phi) is 3.46. The Balaban J connectivity index is 1.80. The molecule has 114 valence electrons. The summed E-state index contributed by atoms with van der Waals surface area (Å²) in [7, 11) is 0. The number of aryl methyl sites for hydroxylation is 2. The van der Waals surface area contributed by atoms with E-state index >= 15 is 0 Å². The van der Waals surface area contributed by atoms with Crippen LogP contribution in [0.15, 0.2) is 53.0 Å². The Morgan fingerprint density at radius 2 is 1.78 bits per heavy atom. The molecule has 1 aliphatic rings. The van der Waals surface area contributed by atoms with Crippen molar-refractivity contribution in [1.82, 2.24) is 19.9 Å². The Bertz CT molecular complexity index is 899. The lowest BCUT2D eigenvalue weighted by molar-refractivity contribution is 0.762. The summed E-state index contributed by atoms with van der Waals surface area (Å²) in [5.74, 6) is 1.55. The van der Waals surface area contributed by atoms with Crippen molar-refractivity contribution < 1.29 is 0 Å². The zero-order valence-corrected chi connectivity index (χ0v) is 13.7. The molecule has 23 heavy (non-hydrogen) atoms. The molecule has 4 rings (SSSR count).